The topological polar surface area (TPSA) is 0 Å². The molecule has 0 aliphatic heterocycles. The largest absolute Gasteiger partial charge is 0.103 e. The highest BCUT2D eigenvalue weighted by molar-refractivity contribution is 5.47. The van der Waals surface area contributed by atoms with Crippen molar-refractivity contribution in [1.29, 1.82) is 0 Å². The fourth-order valence-electron chi connectivity index (χ4n) is 3.15. The Balaban J connectivity index is 2.39. The summed E-state index contributed by atoms with van der Waals surface area (Å²) in [4.78, 5) is 0. The van der Waals surface area contributed by atoms with Crippen LogP contribution in [0.4, 0.5) is 0 Å². The average molecular weight is 162 g/mol. The highest BCUT2D eigenvalue weighted by atomic mass is 14.6. The quantitative estimate of drug-likeness (QED) is 0.543. The normalized spacial score (nSPS) is 36.6. The van der Waals surface area contributed by atoms with Crippen molar-refractivity contribution in [3.63, 3.8) is 0 Å². The summed E-state index contributed by atoms with van der Waals surface area (Å²) in [5, 5.41) is 0. The first-order valence-corrected chi connectivity index (χ1v) is 4.88. The molecule has 3 aliphatic rings. The molecule has 0 saturated heterocycles. The third kappa shape index (κ3) is 0.608. The van der Waals surface area contributed by atoms with Crippen molar-refractivity contribution in [2.75, 3.05) is 0 Å². The van der Waals surface area contributed by atoms with Crippen LogP contribution in [0.1, 0.15) is 40.0 Å². The summed E-state index contributed by atoms with van der Waals surface area (Å²) in [5.74, 6) is 0. The summed E-state index contributed by atoms with van der Waals surface area (Å²) in [6.07, 6.45) is 5.88. The first-order chi connectivity index (χ1) is 5.54. The lowest BCUT2D eigenvalue weighted by Gasteiger charge is -2.51. The summed E-state index contributed by atoms with van der Waals surface area (Å²) in [5.41, 5.74) is 4.43. The van der Waals surface area contributed by atoms with Crippen LogP contribution in [0.5, 0.6) is 0 Å². The van der Waals surface area contributed by atoms with E-state index in [2.05, 4.69) is 27.4 Å². The summed E-state index contributed by atoms with van der Waals surface area (Å²) in [7, 11) is 0. The molecule has 0 unspecified atom stereocenters. The lowest BCUT2D eigenvalue weighted by atomic mass is 9.53. The molecule has 2 bridgehead atoms. The molecule has 0 amide bonds. The Morgan fingerprint density at radius 3 is 2.42 bits per heavy atom. The van der Waals surface area contributed by atoms with Gasteiger partial charge in [-0.15, -0.1) is 6.58 Å². The van der Waals surface area contributed by atoms with Gasteiger partial charge in [-0.1, -0.05) is 38.0 Å². The van der Waals surface area contributed by atoms with Gasteiger partial charge in [0.2, 0.25) is 0 Å². The molecule has 1 fully saturated rings. The molecule has 3 aliphatic carbocycles. The van der Waals surface area contributed by atoms with Crippen molar-refractivity contribution in [2.24, 2.45) is 10.8 Å². The van der Waals surface area contributed by atoms with Gasteiger partial charge in [0.25, 0.3) is 0 Å². The standard InChI is InChI=1S/C12H18/c1-5-6-10-9-7-8-12(10,4)11(9,2)3/h5H,1,6-8H2,2-4H3/t12-/m0/s1. The van der Waals surface area contributed by atoms with E-state index in [0.717, 1.165) is 6.42 Å². The molecular weight excluding hydrogens is 144 g/mol. The van der Waals surface area contributed by atoms with Crippen LogP contribution < -0.4 is 0 Å². The van der Waals surface area contributed by atoms with Crippen LogP contribution in [0.2, 0.25) is 0 Å². The number of rotatable bonds is 2. The maximum Gasteiger partial charge on any atom is -0.00190 e. The van der Waals surface area contributed by atoms with Crippen molar-refractivity contribution >= 4 is 0 Å². The molecule has 0 heteroatoms. The first kappa shape index (κ1) is 8.10. The predicted octanol–water partition coefficient (Wildman–Crippen LogP) is 3.70. The Labute approximate surface area is 75.4 Å². The zero-order valence-electron chi connectivity index (χ0n) is 8.41. The molecule has 1 saturated carbocycles. The van der Waals surface area contributed by atoms with Gasteiger partial charge in [0, 0.05) is 0 Å². The van der Waals surface area contributed by atoms with Gasteiger partial charge in [0.1, 0.15) is 0 Å². The fourth-order valence-corrected chi connectivity index (χ4v) is 3.15. The molecule has 0 nitrogen and oxygen atoms in total. The van der Waals surface area contributed by atoms with Crippen molar-refractivity contribution in [1.82, 2.24) is 0 Å². The van der Waals surface area contributed by atoms with Crippen LogP contribution in [0.3, 0.4) is 0 Å². The first-order valence-electron chi connectivity index (χ1n) is 4.88. The second-order valence-corrected chi connectivity index (χ2v) is 4.91. The molecule has 1 atom stereocenters. The van der Waals surface area contributed by atoms with E-state index in [1.54, 1.807) is 11.1 Å². The summed E-state index contributed by atoms with van der Waals surface area (Å²) < 4.78 is 0. The summed E-state index contributed by atoms with van der Waals surface area (Å²) >= 11 is 0. The molecule has 0 spiro atoms. The highest BCUT2D eigenvalue weighted by Gasteiger charge is 2.59. The lowest BCUT2D eigenvalue weighted by Crippen LogP contribution is -2.41. The van der Waals surface area contributed by atoms with E-state index >= 15 is 0 Å². The van der Waals surface area contributed by atoms with Gasteiger partial charge in [-0.25, -0.2) is 0 Å². The second kappa shape index (κ2) is 2.04. The molecule has 0 aromatic heterocycles. The van der Waals surface area contributed by atoms with Crippen molar-refractivity contribution in [2.45, 2.75) is 40.0 Å². The van der Waals surface area contributed by atoms with Crippen LogP contribution in [0.25, 0.3) is 0 Å². The van der Waals surface area contributed by atoms with Gasteiger partial charge < -0.3 is 0 Å². The van der Waals surface area contributed by atoms with Gasteiger partial charge in [0.05, 0.1) is 0 Å². The van der Waals surface area contributed by atoms with E-state index in [0.29, 0.717) is 10.8 Å². The minimum Gasteiger partial charge on any atom is -0.103 e. The van der Waals surface area contributed by atoms with Gasteiger partial charge in [-0.05, 0) is 30.1 Å². The van der Waals surface area contributed by atoms with Crippen LogP contribution in [0.15, 0.2) is 23.8 Å². The molecule has 3 rings (SSSR count). The molecule has 0 aromatic rings. The van der Waals surface area contributed by atoms with E-state index in [1.165, 1.54) is 12.8 Å². The minimum absolute atomic E-state index is 0.491. The molecule has 0 heterocycles. The third-order valence-corrected chi connectivity index (χ3v) is 4.39. The molecule has 0 radical (unpaired) electrons. The zero-order chi connectivity index (χ0) is 8.98. The summed E-state index contributed by atoms with van der Waals surface area (Å²) in [6, 6.07) is 0. The third-order valence-electron chi connectivity index (χ3n) is 4.39. The highest BCUT2D eigenvalue weighted by Crippen LogP contribution is 2.70. The van der Waals surface area contributed by atoms with Crippen LogP contribution in [-0.4, -0.2) is 0 Å². The van der Waals surface area contributed by atoms with Crippen molar-refractivity contribution in [3.8, 4) is 0 Å². The molecular formula is C12H18. The smallest absolute Gasteiger partial charge is 0.00190 e. The minimum atomic E-state index is 0.491. The fraction of sp³-hybridized carbons (Fsp3) is 0.667. The molecule has 0 aromatic carbocycles. The van der Waals surface area contributed by atoms with E-state index in [-0.39, 0.29) is 0 Å². The monoisotopic (exact) mass is 162 g/mol. The predicted molar refractivity (Wildman–Crippen MR) is 53.0 cm³/mol. The van der Waals surface area contributed by atoms with Crippen LogP contribution >= 0.6 is 0 Å². The van der Waals surface area contributed by atoms with Gasteiger partial charge in [-0.2, -0.15) is 0 Å². The number of hydrogen-bond acceptors (Lipinski definition) is 0. The Bertz CT molecular complexity index is 268. The molecule has 66 valence electrons. The van der Waals surface area contributed by atoms with Gasteiger partial charge in [-0.3, -0.25) is 0 Å². The molecule has 12 heavy (non-hydrogen) atoms. The molecule has 0 N–H and O–H groups in total. The SMILES string of the molecule is C=CCC1=C2CC[C@]1(C)C2(C)C. The van der Waals surface area contributed by atoms with Crippen molar-refractivity contribution < 1.29 is 0 Å². The maximum atomic E-state index is 3.82. The Kier molecular flexibility index (Phi) is 1.38. The van der Waals surface area contributed by atoms with Crippen LogP contribution in [0, 0.1) is 10.8 Å². The van der Waals surface area contributed by atoms with Gasteiger partial charge in [0.15, 0.2) is 0 Å². The number of fused-ring (bicyclic) bond motifs is 1. The van der Waals surface area contributed by atoms with Gasteiger partial charge >= 0.3 is 0 Å². The van der Waals surface area contributed by atoms with E-state index < -0.39 is 0 Å². The number of hydrogen-bond donors (Lipinski definition) is 0. The Hall–Kier alpha value is -0.520. The zero-order valence-corrected chi connectivity index (χ0v) is 8.41. The maximum absolute atomic E-state index is 3.82. The van der Waals surface area contributed by atoms with Crippen molar-refractivity contribution in [3.05, 3.63) is 23.8 Å². The average Bonchev–Trinajstić information content (AvgIpc) is 2.43. The number of allylic oxidation sites excluding steroid dienone is 3. The van der Waals surface area contributed by atoms with Crippen LogP contribution in [-0.2, 0) is 0 Å². The van der Waals surface area contributed by atoms with E-state index in [1.807, 2.05) is 6.08 Å². The Morgan fingerprint density at radius 2 is 2.08 bits per heavy atom. The Morgan fingerprint density at radius 1 is 1.42 bits per heavy atom. The summed E-state index contributed by atoms with van der Waals surface area (Å²) in [6.45, 7) is 11.0. The second-order valence-electron chi connectivity index (χ2n) is 4.91. The van der Waals surface area contributed by atoms with E-state index in [4.69, 9.17) is 0 Å². The lowest BCUT2D eigenvalue weighted by molar-refractivity contribution is 0.161. The van der Waals surface area contributed by atoms with E-state index in [9.17, 15) is 0 Å².